The Labute approximate surface area is 172 Å². The van der Waals surface area contributed by atoms with E-state index in [4.69, 9.17) is 4.74 Å². The third-order valence-electron chi connectivity index (χ3n) is 5.95. The zero-order chi connectivity index (χ0) is 20.2. The van der Waals surface area contributed by atoms with Crippen LogP contribution in [-0.2, 0) is 11.2 Å². The van der Waals surface area contributed by atoms with Crippen LogP contribution in [0, 0.1) is 0 Å². The molecule has 2 atom stereocenters. The highest BCUT2D eigenvalue weighted by Crippen LogP contribution is 2.30. The predicted octanol–water partition coefficient (Wildman–Crippen LogP) is 3.54. The summed E-state index contributed by atoms with van der Waals surface area (Å²) in [5.41, 5.74) is 3.03. The summed E-state index contributed by atoms with van der Waals surface area (Å²) in [5, 5.41) is 3.15. The van der Waals surface area contributed by atoms with E-state index in [0.717, 1.165) is 37.2 Å². The zero-order valence-electron chi connectivity index (χ0n) is 16.9. The highest BCUT2D eigenvalue weighted by Gasteiger charge is 2.33. The van der Waals surface area contributed by atoms with Crippen LogP contribution in [-0.4, -0.2) is 42.5 Å². The normalized spacial score (nSPS) is 21.1. The van der Waals surface area contributed by atoms with Gasteiger partial charge in [0.1, 0.15) is 5.75 Å². The molecular weight excluding hydrogens is 364 g/mol. The molecule has 2 amide bonds. The minimum Gasteiger partial charge on any atom is -0.493 e. The molecular formula is C24H28N2O3. The van der Waals surface area contributed by atoms with Crippen LogP contribution in [0.4, 0.5) is 0 Å². The molecule has 5 heteroatoms. The van der Waals surface area contributed by atoms with E-state index in [1.807, 2.05) is 48.2 Å². The number of rotatable bonds is 4. The van der Waals surface area contributed by atoms with E-state index in [0.29, 0.717) is 25.1 Å². The standard InChI is InChI=1S/C24H28N2O3/c1-2-23(27)25-21-16-26(13-12-20(21)17-7-4-3-5-8-17)24(28)19-10-11-22-18(15-19)9-6-14-29-22/h3-5,7-8,10-11,15,20-21H,2,6,9,12-14,16H2,1H3,(H,25,27)/t20-,21-/m0/s1. The van der Waals surface area contributed by atoms with Crippen molar-refractivity contribution in [3.8, 4) is 5.75 Å². The van der Waals surface area contributed by atoms with Gasteiger partial charge in [0.2, 0.25) is 5.91 Å². The average molecular weight is 392 g/mol. The van der Waals surface area contributed by atoms with E-state index in [1.54, 1.807) is 0 Å². The molecule has 2 aliphatic rings. The van der Waals surface area contributed by atoms with Crippen molar-refractivity contribution in [2.24, 2.45) is 0 Å². The van der Waals surface area contributed by atoms with Crippen LogP contribution in [0.15, 0.2) is 48.5 Å². The highest BCUT2D eigenvalue weighted by atomic mass is 16.5. The number of nitrogens with one attached hydrogen (secondary N) is 1. The van der Waals surface area contributed by atoms with Crippen LogP contribution >= 0.6 is 0 Å². The molecule has 0 radical (unpaired) electrons. The van der Waals surface area contributed by atoms with E-state index in [-0.39, 0.29) is 23.8 Å². The fraction of sp³-hybridized carbons (Fsp3) is 0.417. The minimum absolute atomic E-state index is 0.0242. The smallest absolute Gasteiger partial charge is 0.253 e. The number of nitrogens with zero attached hydrogens (tertiary/aromatic N) is 1. The molecule has 5 nitrogen and oxygen atoms in total. The lowest BCUT2D eigenvalue weighted by Gasteiger charge is -2.39. The number of carbonyl (C=O) groups is 2. The van der Waals surface area contributed by atoms with E-state index in [1.165, 1.54) is 5.56 Å². The Balaban J connectivity index is 1.53. The summed E-state index contributed by atoms with van der Waals surface area (Å²) in [6.07, 6.45) is 3.20. The number of benzene rings is 2. The van der Waals surface area contributed by atoms with Gasteiger partial charge in [-0.15, -0.1) is 0 Å². The monoisotopic (exact) mass is 392 g/mol. The van der Waals surface area contributed by atoms with Gasteiger partial charge in [-0.25, -0.2) is 0 Å². The van der Waals surface area contributed by atoms with Gasteiger partial charge in [-0.1, -0.05) is 37.3 Å². The number of piperidine rings is 1. The Morgan fingerprint density at radius 2 is 2.00 bits per heavy atom. The summed E-state index contributed by atoms with van der Waals surface area (Å²) in [4.78, 5) is 27.2. The number of carbonyl (C=O) groups excluding carboxylic acids is 2. The van der Waals surface area contributed by atoms with Gasteiger partial charge in [-0.3, -0.25) is 9.59 Å². The van der Waals surface area contributed by atoms with Crippen molar-refractivity contribution in [2.45, 2.75) is 44.6 Å². The van der Waals surface area contributed by atoms with Crippen molar-refractivity contribution < 1.29 is 14.3 Å². The van der Waals surface area contributed by atoms with Gasteiger partial charge in [0.25, 0.3) is 5.91 Å². The van der Waals surface area contributed by atoms with Crippen molar-refractivity contribution in [1.82, 2.24) is 10.2 Å². The highest BCUT2D eigenvalue weighted by molar-refractivity contribution is 5.95. The molecule has 1 saturated heterocycles. The fourth-order valence-electron chi connectivity index (χ4n) is 4.37. The van der Waals surface area contributed by atoms with Crippen LogP contribution in [0.3, 0.4) is 0 Å². The average Bonchev–Trinajstić information content (AvgIpc) is 2.78. The number of aryl methyl sites for hydroxylation is 1. The summed E-state index contributed by atoms with van der Waals surface area (Å²) in [6, 6.07) is 15.9. The molecule has 0 aromatic heterocycles. The van der Waals surface area contributed by atoms with Crippen molar-refractivity contribution in [3.05, 3.63) is 65.2 Å². The molecule has 0 saturated carbocycles. The molecule has 0 unspecified atom stereocenters. The van der Waals surface area contributed by atoms with Gasteiger partial charge in [0.15, 0.2) is 0 Å². The third-order valence-corrected chi connectivity index (χ3v) is 5.95. The topological polar surface area (TPSA) is 58.6 Å². The number of amides is 2. The van der Waals surface area contributed by atoms with Crippen molar-refractivity contribution in [2.75, 3.05) is 19.7 Å². The number of hydrogen-bond acceptors (Lipinski definition) is 3. The largest absolute Gasteiger partial charge is 0.493 e. The van der Waals surface area contributed by atoms with Gasteiger partial charge < -0.3 is 15.0 Å². The first kappa shape index (κ1) is 19.5. The van der Waals surface area contributed by atoms with Crippen LogP contribution in [0.5, 0.6) is 5.75 Å². The van der Waals surface area contributed by atoms with Crippen LogP contribution in [0.1, 0.15) is 53.6 Å². The van der Waals surface area contributed by atoms with Gasteiger partial charge >= 0.3 is 0 Å². The first-order chi connectivity index (χ1) is 14.2. The first-order valence-corrected chi connectivity index (χ1v) is 10.5. The Morgan fingerprint density at radius 3 is 2.79 bits per heavy atom. The molecule has 2 heterocycles. The quantitative estimate of drug-likeness (QED) is 0.866. The number of hydrogen-bond donors (Lipinski definition) is 1. The van der Waals surface area contributed by atoms with Crippen LogP contribution < -0.4 is 10.1 Å². The first-order valence-electron chi connectivity index (χ1n) is 10.5. The number of likely N-dealkylation sites (tertiary alicyclic amines) is 1. The summed E-state index contributed by atoms with van der Waals surface area (Å²) >= 11 is 0. The molecule has 2 aromatic rings. The van der Waals surface area contributed by atoms with Crippen molar-refractivity contribution in [1.29, 1.82) is 0 Å². The van der Waals surface area contributed by atoms with E-state index >= 15 is 0 Å². The lowest BCUT2D eigenvalue weighted by atomic mass is 9.85. The summed E-state index contributed by atoms with van der Waals surface area (Å²) in [6.45, 7) is 3.81. The Morgan fingerprint density at radius 1 is 1.17 bits per heavy atom. The van der Waals surface area contributed by atoms with E-state index in [9.17, 15) is 9.59 Å². The van der Waals surface area contributed by atoms with E-state index in [2.05, 4.69) is 17.4 Å². The molecule has 2 aromatic carbocycles. The zero-order valence-corrected chi connectivity index (χ0v) is 16.9. The molecule has 29 heavy (non-hydrogen) atoms. The van der Waals surface area contributed by atoms with Gasteiger partial charge in [0, 0.05) is 31.0 Å². The predicted molar refractivity (Wildman–Crippen MR) is 112 cm³/mol. The van der Waals surface area contributed by atoms with Gasteiger partial charge in [0.05, 0.1) is 12.6 Å². The van der Waals surface area contributed by atoms with Crippen LogP contribution in [0.25, 0.3) is 0 Å². The molecule has 4 rings (SSSR count). The second-order valence-electron chi connectivity index (χ2n) is 7.86. The molecule has 2 aliphatic heterocycles. The second kappa shape index (κ2) is 8.68. The fourth-order valence-corrected chi connectivity index (χ4v) is 4.37. The molecule has 0 aliphatic carbocycles. The summed E-state index contributed by atoms with van der Waals surface area (Å²) in [5.74, 6) is 1.16. The Kier molecular flexibility index (Phi) is 5.84. The molecule has 0 bridgehead atoms. The van der Waals surface area contributed by atoms with Crippen molar-refractivity contribution >= 4 is 11.8 Å². The van der Waals surface area contributed by atoms with E-state index < -0.39 is 0 Å². The summed E-state index contributed by atoms with van der Waals surface area (Å²) in [7, 11) is 0. The molecule has 152 valence electrons. The maximum Gasteiger partial charge on any atom is 0.253 e. The lowest BCUT2D eigenvalue weighted by Crippen LogP contribution is -2.53. The number of fused-ring (bicyclic) bond motifs is 1. The Hall–Kier alpha value is -2.82. The minimum atomic E-state index is -0.0801. The second-order valence-corrected chi connectivity index (χ2v) is 7.86. The number of ether oxygens (including phenoxy) is 1. The summed E-state index contributed by atoms with van der Waals surface area (Å²) < 4.78 is 5.67. The van der Waals surface area contributed by atoms with Gasteiger partial charge in [-0.05, 0) is 48.6 Å². The maximum absolute atomic E-state index is 13.2. The van der Waals surface area contributed by atoms with Crippen molar-refractivity contribution in [3.63, 3.8) is 0 Å². The SMILES string of the molecule is CCC(=O)N[C@H]1CN(C(=O)c2ccc3c(c2)CCCO3)CC[C@H]1c1ccccc1. The third kappa shape index (κ3) is 4.29. The van der Waals surface area contributed by atoms with Gasteiger partial charge in [-0.2, -0.15) is 0 Å². The molecule has 0 spiro atoms. The Bertz CT molecular complexity index is 881. The maximum atomic E-state index is 13.2. The molecule has 1 fully saturated rings. The van der Waals surface area contributed by atoms with Crippen LogP contribution in [0.2, 0.25) is 0 Å². The molecule has 1 N–H and O–H groups in total. The lowest BCUT2D eigenvalue weighted by molar-refractivity contribution is -0.122.